The molecule has 0 radical (unpaired) electrons. The van der Waals surface area contributed by atoms with Crippen molar-refractivity contribution < 1.29 is 19.1 Å². The molecule has 0 saturated carbocycles. The minimum absolute atomic E-state index is 0.175. The Kier molecular flexibility index (Phi) is 5.60. The van der Waals surface area contributed by atoms with Crippen LogP contribution in [-0.2, 0) is 6.42 Å². The minimum atomic E-state index is -0.420. The zero-order valence-electron chi connectivity index (χ0n) is 15.8. The molecule has 0 atom stereocenters. The van der Waals surface area contributed by atoms with Crippen molar-refractivity contribution in [2.24, 2.45) is 0 Å². The fourth-order valence-corrected chi connectivity index (χ4v) is 2.88. The van der Waals surface area contributed by atoms with Crippen LogP contribution in [0.3, 0.4) is 0 Å². The number of allylic oxidation sites excluding steroid dienone is 1. The van der Waals surface area contributed by atoms with Crippen molar-refractivity contribution in [3.05, 3.63) is 64.9 Å². The van der Waals surface area contributed by atoms with Gasteiger partial charge in [-0.3, -0.25) is 4.79 Å². The standard InChI is InChI=1S/C22H23NO4/c1-4-15-7-9-16(10-8-15)13-20-21(24)18-12-11-17(14-19(18)27-20)26-22(25)23(5-2)6-3/h7-14H,4-6H2,1-3H3/b20-13+. The Hall–Kier alpha value is -3.08. The second-order valence-corrected chi connectivity index (χ2v) is 6.23. The first-order valence-corrected chi connectivity index (χ1v) is 9.19. The second-order valence-electron chi connectivity index (χ2n) is 6.23. The van der Waals surface area contributed by atoms with Crippen molar-refractivity contribution in [1.82, 2.24) is 4.90 Å². The molecule has 1 aliphatic rings. The van der Waals surface area contributed by atoms with Crippen LogP contribution in [0, 0.1) is 0 Å². The highest BCUT2D eigenvalue weighted by atomic mass is 16.6. The van der Waals surface area contributed by atoms with Gasteiger partial charge in [-0.15, -0.1) is 0 Å². The van der Waals surface area contributed by atoms with Crippen molar-refractivity contribution in [3.63, 3.8) is 0 Å². The number of fused-ring (bicyclic) bond motifs is 1. The van der Waals surface area contributed by atoms with Gasteiger partial charge in [0.1, 0.15) is 11.5 Å². The van der Waals surface area contributed by atoms with E-state index in [-0.39, 0.29) is 11.5 Å². The van der Waals surface area contributed by atoms with Crippen LogP contribution in [0.15, 0.2) is 48.2 Å². The number of rotatable bonds is 5. The first-order valence-electron chi connectivity index (χ1n) is 9.19. The minimum Gasteiger partial charge on any atom is -0.452 e. The summed E-state index contributed by atoms with van der Waals surface area (Å²) in [5, 5.41) is 0. The molecule has 0 saturated heterocycles. The first kappa shape index (κ1) is 18.7. The van der Waals surface area contributed by atoms with Crippen molar-refractivity contribution >= 4 is 18.0 Å². The number of aryl methyl sites for hydroxylation is 1. The highest BCUT2D eigenvalue weighted by molar-refractivity contribution is 6.14. The lowest BCUT2D eigenvalue weighted by molar-refractivity contribution is 0.101. The van der Waals surface area contributed by atoms with Crippen LogP contribution in [0.25, 0.3) is 6.08 Å². The summed E-state index contributed by atoms with van der Waals surface area (Å²) in [6.07, 6.45) is 2.27. The Bertz CT molecular complexity index is 880. The summed E-state index contributed by atoms with van der Waals surface area (Å²) in [7, 11) is 0. The highest BCUT2D eigenvalue weighted by Gasteiger charge is 2.28. The van der Waals surface area contributed by atoms with Gasteiger partial charge in [0.25, 0.3) is 0 Å². The molecule has 0 fully saturated rings. The van der Waals surface area contributed by atoms with Crippen molar-refractivity contribution in [1.29, 1.82) is 0 Å². The molecular formula is C22H23NO4. The molecule has 5 heteroatoms. The van der Waals surface area contributed by atoms with Gasteiger partial charge in [-0.1, -0.05) is 31.2 Å². The molecule has 1 aliphatic heterocycles. The maximum atomic E-state index is 12.5. The lowest BCUT2D eigenvalue weighted by Crippen LogP contribution is -2.33. The lowest BCUT2D eigenvalue weighted by Gasteiger charge is -2.17. The SMILES string of the molecule is CCc1ccc(/C=C2/Oc3cc(OC(=O)N(CC)CC)ccc3C2=O)cc1. The van der Waals surface area contributed by atoms with Crippen LogP contribution >= 0.6 is 0 Å². The third-order valence-corrected chi connectivity index (χ3v) is 4.55. The van der Waals surface area contributed by atoms with Crippen molar-refractivity contribution in [2.75, 3.05) is 13.1 Å². The van der Waals surface area contributed by atoms with E-state index in [0.717, 1.165) is 12.0 Å². The van der Waals surface area contributed by atoms with Gasteiger partial charge in [0.05, 0.1) is 5.56 Å². The summed E-state index contributed by atoms with van der Waals surface area (Å²) in [6, 6.07) is 12.8. The number of ether oxygens (including phenoxy) is 2. The first-order chi connectivity index (χ1) is 13.0. The maximum absolute atomic E-state index is 12.5. The monoisotopic (exact) mass is 365 g/mol. The van der Waals surface area contributed by atoms with Crippen molar-refractivity contribution in [3.8, 4) is 11.5 Å². The average Bonchev–Trinajstić information content (AvgIpc) is 2.98. The van der Waals surface area contributed by atoms with Gasteiger partial charge in [-0.05, 0) is 49.6 Å². The second kappa shape index (κ2) is 8.08. The number of nitrogens with zero attached hydrogens (tertiary/aromatic N) is 1. The smallest absolute Gasteiger partial charge is 0.415 e. The number of ketones is 1. The molecule has 0 aliphatic carbocycles. The van der Waals surface area contributed by atoms with Crippen molar-refractivity contribution in [2.45, 2.75) is 27.2 Å². The van der Waals surface area contributed by atoms with Crippen LogP contribution in [0.1, 0.15) is 42.3 Å². The Morgan fingerprint density at radius 2 is 1.78 bits per heavy atom. The topological polar surface area (TPSA) is 55.8 Å². The third-order valence-electron chi connectivity index (χ3n) is 4.55. The van der Waals surface area contributed by atoms with Gasteiger partial charge in [0.2, 0.25) is 5.78 Å². The Morgan fingerprint density at radius 1 is 1.07 bits per heavy atom. The molecule has 2 aromatic carbocycles. The molecule has 0 spiro atoms. The highest BCUT2D eigenvalue weighted by Crippen LogP contribution is 2.35. The number of amides is 1. The van der Waals surface area contributed by atoms with Gasteiger partial charge < -0.3 is 14.4 Å². The van der Waals surface area contributed by atoms with Gasteiger partial charge in [-0.2, -0.15) is 0 Å². The molecule has 0 aromatic heterocycles. The fraction of sp³-hybridized carbons (Fsp3) is 0.273. The van der Waals surface area contributed by atoms with E-state index in [9.17, 15) is 9.59 Å². The van der Waals surface area contributed by atoms with Gasteiger partial charge in [0, 0.05) is 19.2 Å². The van der Waals surface area contributed by atoms with E-state index in [1.54, 1.807) is 29.2 Å². The maximum Gasteiger partial charge on any atom is 0.415 e. The summed E-state index contributed by atoms with van der Waals surface area (Å²) in [6.45, 7) is 7.01. The molecule has 140 valence electrons. The van der Waals surface area contributed by atoms with Crippen LogP contribution in [0.5, 0.6) is 11.5 Å². The Labute approximate surface area is 159 Å². The van der Waals surface area contributed by atoms with Crippen LogP contribution < -0.4 is 9.47 Å². The van der Waals surface area contributed by atoms with E-state index in [1.807, 2.05) is 38.1 Å². The van der Waals surface area contributed by atoms with Gasteiger partial charge in [-0.25, -0.2) is 4.79 Å². The predicted octanol–water partition coefficient (Wildman–Crippen LogP) is 4.71. The summed E-state index contributed by atoms with van der Waals surface area (Å²) < 4.78 is 11.1. The predicted molar refractivity (Wildman–Crippen MR) is 104 cm³/mol. The number of benzene rings is 2. The molecule has 5 nitrogen and oxygen atoms in total. The van der Waals surface area contributed by atoms with E-state index < -0.39 is 6.09 Å². The molecule has 3 rings (SSSR count). The largest absolute Gasteiger partial charge is 0.452 e. The number of hydrogen-bond acceptors (Lipinski definition) is 4. The van der Waals surface area contributed by atoms with Gasteiger partial charge in [0.15, 0.2) is 5.76 Å². The summed E-state index contributed by atoms with van der Waals surface area (Å²) in [5.74, 6) is 0.848. The number of carbonyl (C=O) groups excluding carboxylic acids is 2. The third kappa shape index (κ3) is 4.03. The van der Waals surface area contributed by atoms with E-state index in [2.05, 4.69) is 6.92 Å². The molecule has 2 aromatic rings. The normalized spacial score (nSPS) is 14.0. The Morgan fingerprint density at radius 3 is 2.41 bits per heavy atom. The zero-order valence-corrected chi connectivity index (χ0v) is 15.8. The van der Waals surface area contributed by atoms with Crippen LogP contribution in [0.4, 0.5) is 4.79 Å². The fourth-order valence-electron chi connectivity index (χ4n) is 2.88. The molecular weight excluding hydrogens is 342 g/mol. The van der Waals surface area contributed by atoms with Crippen LogP contribution in [-0.4, -0.2) is 29.9 Å². The number of carbonyl (C=O) groups is 2. The molecule has 1 amide bonds. The molecule has 0 unspecified atom stereocenters. The quantitative estimate of drug-likeness (QED) is 0.720. The van der Waals surface area contributed by atoms with E-state index in [1.165, 1.54) is 5.56 Å². The summed E-state index contributed by atoms with van der Waals surface area (Å²) >= 11 is 0. The average molecular weight is 365 g/mol. The van der Waals surface area contributed by atoms with E-state index >= 15 is 0 Å². The number of Topliss-reactive ketones (excluding diaryl/α,β-unsaturated/α-hetero) is 1. The molecule has 0 bridgehead atoms. The summed E-state index contributed by atoms with van der Waals surface area (Å²) in [5.41, 5.74) is 2.60. The van der Waals surface area contributed by atoms with E-state index in [4.69, 9.17) is 9.47 Å². The zero-order chi connectivity index (χ0) is 19.4. The van der Waals surface area contributed by atoms with Crippen LogP contribution in [0.2, 0.25) is 0 Å². The Balaban J connectivity index is 1.78. The lowest BCUT2D eigenvalue weighted by atomic mass is 10.1. The molecule has 27 heavy (non-hydrogen) atoms. The summed E-state index contributed by atoms with van der Waals surface area (Å²) in [4.78, 5) is 26.2. The van der Waals surface area contributed by atoms with E-state index in [0.29, 0.717) is 30.2 Å². The molecule has 0 N–H and O–H groups in total. The van der Waals surface area contributed by atoms with Gasteiger partial charge >= 0.3 is 6.09 Å². The molecule has 1 heterocycles. The number of hydrogen-bond donors (Lipinski definition) is 0.